The van der Waals surface area contributed by atoms with E-state index in [-0.39, 0.29) is 28.7 Å². The topological polar surface area (TPSA) is 101 Å². The van der Waals surface area contributed by atoms with E-state index in [1.54, 1.807) is 25.4 Å². The zero-order valence-corrected chi connectivity index (χ0v) is 18.8. The molecule has 0 bridgehead atoms. The summed E-state index contributed by atoms with van der Waals surface area (Å²) in [4.78, 5) is 18.2. The lowest BCUT2D eigenvalue weighted by Crippen LogP contribution is -2.34. The number of benzene rings is 1. The van der Waals surface area contributed by atoms with Crippen LogP contribution in [0.3, 0.4) is 0 Å². The first kappa shape index (κ1) is 24.9. The second kappa shape index (κ2) is 10.6. The van der Waals surface area contributed by atoms with Gasteiger partial charge in [0.15, 0.2) is 0 Å². The van der Waals surface area contributed by atoms with Crippen LogP contribution in [0.4, 0.5) is 23.4 Å². The third-order valence-electron chi connectivity index (χ3n) is 5.16. The van der Waals surface area contributed by atoms with Gasteiger partial charge in [-0.05, 0) is 48.6 Å². The Morgan fingerprint density at radius 2 is 1.94 bits per heavy atom. The number of nitrogens with one attached hydrogen (secondary N) is 3. The van der Waals surface area contributed by atoms with Crippen LogP contribution in [-0.2, 0) is 4.74 Å². The summed E-state index contributed by atoms with van der Waals surface area (Å²) in [6.45, 7) is -3.83. The third-order valence-corrected chi connectivity index (χ3v) is 5.16. The molecule has 0 radical (unpaired) electrons. The molecule has 188 valence electrons. The Morgan fingerprint density at radius 3 is 2.61 bits per heavy atom. The molecule has 2 aromatic rings. The summed E-state index contributed by atoms with van der Waals surface area (Å²) in [6.07, 6.45) is 5.75. The van der Waals surface area contributed by atoms with Crippen molar-refractivity contribution in [1.29, 1.82) is 5.41 Å². The van der Waals surface area contributed by atoms with Crippen LogP contribution in [-0.4, -0.2) is 48.2 Å². The van der Waals surface area contributed by atoms with Crippen LogP contribution in [0, 0.1) is 5.41 Å². The van der Waals surface area contributed by atoms with Gasteiger partial charge in [0.05, 0.1) is 11.4 Å². The molecule has 8 nitrogen and oxygen atoms in total. The highest BCUT2D eigenvalue weighted by atomic mass is 19.3. The van der Waals surface area contributed by atoms with Gasteiger partial charge in [0.25, 0.3) is 12.0 Å². The van der Waals surface area contributed by atoms with Crippen molar-refractivity contribution in [3.05, 3.63) is 82.1 Å². The average molecular weight is 503 g/mol. The van der Waals surface area contributed by atoms with Gasteiger partial charge in [0, 0.05) is 24.4 Å². The Morgan fingerprint density at radius 1 is 1.19 bits per heavy atom. The SMILES string of the molecule is CN/C=C1/C=C(c2nc3c(n(-c4ccc(OC(F)F)cc4)c2=O)NC(OCC(F)F)C=C3)C=CC1=N. The van der Waals surface area contributed by atoms with E-state index in [4.69, 9.17) is 10.1 Å². The first-order chi connectivity index (χ1) is 17.3. The quantitative estimate of drug-likeness (QED) is 0.472. The molecular formula is C24H21F4N5O3. The summed E-state index contributed by atoms with van der Waals surface area (Å²) >= 11 is 0. The van der Waals surface area contributed by atoms with E-state index in [0.717, 1.165) is 0 Å². The fraction of sp³-hybridized carbons (Fsp3) is 0.208. The molecule has 1 unspecified atom stereocenters. The summed E-state index contributed by atoms with van der Waals surface area (Å²) in [5.41, 5.74) is 1.31. The Hall–Kier alpha value is -4.19. The van der Waals surface area contributed by atoms with Crippen LogP contribution < -0.4 is 20.9 Å². The van der Waals surface area contributed by atoms with Crippen molar-refractivity contribution >= 4 is 23.2 Å². The van der Waals surface area contributed by atoms with Crippen molar-refractivity contribution in [1.82, 2.24) is 14.9 Å². The Kier molecular flexibility index (Phi) is 7.34. The molecule has 1 aliphatic heterocycles. The van der Waals surface area contributed by atoms with E-state index in [1.165, 1.54) is 47.1 Å². The number of aromatic nitrogens is 2. The van der Waals surface area contributed by atoms with E-state index in [0.29, 0.717) is 16.8 Å². The standard InChI is InChI=1S/C24H21F4N5O3/c1-30-11-14-10-13(2-7-17(14)29)21-23(34)33(15-3-5-16(6-4-15)36-24(27)28)22-18(31-21)8-9-20(32-22)35-12-19(25)26/h2-11,19-20,24,29-30,32H,12H2,1H3/b14-11-,29-17?. The van der Waals surface area contributed by atoms with Gasteiger partial charge < -0.3 is 25.5 Å². The molecular weight excluding hydrogens is 482 g/mol. The van der Waals surface area contributed by atoms with Crippen LogP contribution in [0.15, 0.2) is 65.1 Å². The number of hydrogen-bond donors (Lipinski definition) is 3. The predicted octanol–water partition coefficient (Wildman–Crippen LogP) is 3.96. The molecule has 1 aliphatic carbocycles. The van der Waals surface area contributed by atoms with E-state index in [1.807, 2.05) is 0 Å². The fourth-order valence-electron chi connectivity index (χ4n) is 3.63. The molecule has 4 rings (SSSR count). The number of allylic oxidation sites excluding steroid dienone is 5. The average Bonchev–Trinajstić information content (AvgIpc) is 2.84. The highest BCUT2D eigenvalue weighted by Gasteiger charge is 2.25. The summed E-state index contributed by atoms with van der Waals surface area (Å²) in [6, 6.07) is 5.37. The second-order valence-electron chi connectivity index (χ2n) is 7.59. The van der Waals surface area contributed by atoms with Crippen LogP contribution in [0.25, 0.3) is 17.3 Å². The van der Waals surface area contributed by atoms with Crippen molar-refractivity contribution in [2.75, 3.05) is 19.0 Å². The first-order valence-corrected chi connectivity index (χ1v) is 10.7. The monoisotopic (exact) mass is 503 g/mol. The molecule has 1 atom stereocenters. The Bertz CT molecular complexity index is 1330. The van der Waals surface area contributed by atoms with Crippen molar-refractivity contribution < 1.29 is 27.0 Å². The minimum atomic E-state index is -3.01. The molecule has 0 amide bonds. The lowest BCUT2D eigenvalue weighted by Gasteiger charge is -2.26. The largest absolute Gasteiger partial charge is 0.435 e. The predicted molar refractivity (Wildman–Crippen MR) is 127 cm³/mol. The van der Waals surface area contributed by atoms with Gasteiger partial charge in [0.2, 0.25) is 0 Å². The number of rotatable bonds is 8. The minimum absolute atomic E-state index is 0.0609. The highest BCUT2D eigenvalue weighted by Crippen LogP contribution is 2.28. The number of halogens is 4. The van der Waals surface area contributed by atoms with E-state index in [2.05, 4.69) is 20.4 Å². The number of alkyl halides is 4. The molecule has 0 spiro atoms. The molecule has 0 saturated heterocycles. The summed E-state index contributed by atoms with van der Waals surface area (Å²) < 4.78 is 61.2. The number of nitrogens with zero attached hydrogens (tertiary/aromatic N) is 2. The van der Waals surface area contributed by atoms with Crippen LogP contribution in [0.1, 0.15) is 11.4 Å². The molecule has 1 aromatic carbocycles. The molecule has 2 heterocycles. The van der Waals surface area contributed by atoms with Crippen molar-refractivity contribution in [3.8, 4) is 11.4 Å². The van der Waals surface area contributed by atoms with Crippen molar-refractivity contribution in [3.63, 3.8) is 0 Å². The second-order valence-corrected chi connectivity index (χ2v) is 7.59. The normalized spacial score (nSPS) is 17.9. The molecule has 0 saturated carbocycles. The smallest absolute Gasteiger partial charge is 0.387 e. The molecule has 3 N–H and O–H groups in total. The van der Waals surface area contributed by atoms with Crippen molar-refractivity contribution in [2.24, 2.45) is 0 Å². The van der Waals surface area contributed by atoms with Gasteiger partial charge in [-0.3, -0.25) is 9.36 Å². The van der Waals surface area contributed by atoms with Gasteiger partial charge in [-0.2, -0.15) is 8.78 Å². The Balaban J connectivity index is 1.84. The first-order valence-electron chi connectivity index (χ1n) is 10.7. The zero-order valence-electron chi connectivity index (χ0n) is 18.8. The van der Waals surface area contributed by atoms with Gasteiger partial charge in [-0.15, -0.1) is 0 Å². The summed E-state index contributed by atoms with van der Waals surface area (Å²) in [5.74, 6) is 0.0707. The number of anilines is 1. The number of fused-ring (bicyclic) bond motifs is 1. The van der Waals surface area contributed by atoms with Crippen LogP contribution >= 0.6 is 0 Å². The van der Waals surface area contributed by atoms with E-state index in [9.17, 15) is 22.4 Å². The highest BCUT2D eigenvalue weighted by molar-refractivity contribution is 6.12. The van der Waals surface area contributed by atoms with Gasteiger partial charge in [0.1, 0.15) is 35.8 Å². The van der Waals surface area contributed by atoms with Gasteiger partial charge in [-0.25, -0.2) is 13.8 Å². The summed E-state index contributed by atoms with van der Waals surface area (Å²) in [5, 5.41) is 13.8. The molecule has 36 heavy (non-hydrogen) atoms. The maximum absolute atomic E-state index is 13.7. The Labute approximate surface area is 202 Å². The lowest BCUT2D eigenvalue weighted by atomic mass is 9.98. The fourth-order valence-corrected chi connectivity index (χ4v) is 3.63. The van der Waals surface area contributed by atoms with E-state index < -0.39 is 31.4 Å². The van der Waals surface area contributed by atoms with E-state index >= 15 is 0 Å². The molecule has 1 aromatic heterocycles. The zero-order chi connectivity index (χ0) is 25.8. The van der Waals surface area contributed by atoms with Gasteiger partial charge in [-0.1, -0.05) is 6.08 Å². The van der Waals surface area contributed by atoms with Crippen LogP contribution in [0.2, 0.25) is 0 Å². The minimum Gasteiger partial charge on any atom is -0.435 e. The number of ether oxygens (including phenoxy) is 2. The number of hydrogen-bond acceptors (Lipinski definition) is 7. The molecule has 12 heteroatoms. The maximum atomic E-state index is 13.7. The summed E-state index contributed by atoms with van der Waals surface area (Å²) in [7, 11) is 1.68. The van der Waals surface area contributed by atoms with Crippen LogP contribution in [0.5, 0.6) is 5.75 Å². The third kappa shape index (κ3) is 5.38. The van der Waals surface area contributed by atoms with Crippen molar-refractivity contribution in [2.45, 2.75) is 19.3 Å². The molecule has 0 fully saturated rings. The lowest BCUT2D eigenvalue weighted by molar-refractivity contribution is -0.0498. The maximum Gasteiger partial charge on any atom is 0.387 e. The van der Waals surface area contributed by atoms with Gasteiger partial charge >= 0.3 is 6.61 Å². The molecule has 2 aliphatic rings.